The standard InChI is InChI=1S/C12H17FN2/c1-2-5-12(6-7-12)9-15-11-10(13)4-3-8-14-11/h3-4,8H,2,5-7,9H2,1H3,(H,14,15). The zero-order valence-corrected chi connectivity index (χ0v) is 9.09. The molecule has 1 aliphatic rings. The molecule has 1 saturated carbocycles. The van der Waals surface area contributed by atoms with Gasteiger partial charge in [0.05, 0.1) is 0 Å². The Balaban J connectivity index is 1.91. The SMILES string of the molecule is CCCC1(CNc2ncccc2F)CC1. The third-order valence-corrected chi connectivity index (χ3v) is 3.13. The molecule has 1 aromatic heterocycles. The van der Waals surface area contributed by atoms with E-state index in [1.54, 1.807) is 12.3 Å². The second-order valence-electron chi connectivity index (χ2n) is 4.44. The van der Waals surface area contributed by atoms with Crippen molar-refractivity contribution < 1.29 is 4.39 Å². The molecule has 0 radical (unpaired) electrons. The van der Waals surface area contributed by atoms with Crippen molar-refractivity contribution in [2.75, 3.05) is 11.9 Å². The van der Waals surface area contributed by atoms with Gasteiger partial charge in [0.2, 0.25) is 0 Å². The smallest absolute Gasteiger partial charge is 0.165 e. The van der Waals surface area contributed by atoms with Gasteiger partial charge in [0, 0.05) is 12.7 Å². The van der Waals surface area contributed by atoms with Gasteiger partial charge in [-0.2, -0.15) is 0 Å². The summed E-state index contributed by atoms with van der Waals surface area (Å²) >= 11 is 0. The summed E-state index contributed by atoms with van der Waals surface area (Å²) in [6.45, 7) is 3.05. The van der Waals surface area contributed by atoms with Gasteiger partial charge in [0.25, 0.3) is 0 Å². The van der Waals surface area contributed by atoms with Crippen LogP contribution in [0.3, 0.4) is 0 Å². The Morgan fingerprint density at radius 2 is 2.33 bits per heavy atom. The van der Waals surface area contributed by atoms with Gasteiger partial charge in [-0.05, 0) is 36.8 Å². The summed E-state index contributed by atoms with van der Waals surface area (Å²) in [5.74, 6) is 0.129. The maximum atomic E-state index is 13.2. The lowest BCUT2D eigenvalue weighted by Gasteiger charge is -2.15. The van der Waals surface area contributed by atoms with Crippen molar-refractivity contribution in [2.24, 2.45) is 5.41 Å². The first kappa shape index (κ1) is 10.4. The number of anilines is 1. The third-order valence-electron chi connectivity index (χ3n) is 3.13. The quantitative estimate of drug-likeness (QED) is 0.803. The van der Waals surface area contributed by atoms with E-state index in [1.807, 2.05) is 0 Å². The van der Waals surface area contributed by atoms with Gasteiger partial charge in [-0.15, -0.1) is 0 Å². The summed E-state index contributed by atoms with van der Waals surface area (Å²) in [5.41, 5.74) is 0.429. The molecule has 0 spiro atoms. The Bertz CT molecular complexity index is 334. The van der Waals surface area contributed by atoms with Gasteiger partial charge in [-0.1, -0.05) is 13.3 Å². The topological polar surface area (TPSA) is 24.9 Å². The summed E-state index contributed by atoms with van der Waals surface area (Å²) in [6.07, 6.45) is 6.58. The fraction of sp³-hybridized carbons (Fsp3) is 0.583. The lowest BCUT2D eigenvalue weighted by molar-refractivity contribution is 0.483. The predicted octanol–water partition coefficient (Wildman–Crippen LogP) is 3.21. The van der Waals surface area contributed by atoms with Crippen LogP contribution < -0.4 is 5.32 Å². The van der Waals surface area contributed by atoms with Crippen LogP contribution >= 0.6 is 0 Å². The minimum atomic E-state index is -0.259. The first-order valence-corrected chi connectivity index (χ1v) is 5.60. The molecular formula is C12H17FN2. The highest BCUT2D eigenvalue weighted by Gasteiger charge is 2.41. The molecule has 0 saturated heterocycles. The van der Waals surface area contributed by atoms with Gasteiger partial charge >= 0.3 is 0 Å². The van der Waals surface area contributed by atoms with Gasteiger partial charge in [-0.25, -0.2) is 9.37 Å². The van der Waals surface area contributed by atoms with E-state index in [4.69, 9.17) is 0 Å². The highest BCUT2D eigenvalue weighted by atomic mass is 19.1. The number of halogens is 1. The summed E-state index contributed by atoms with van der Waals surface area (Å²) in [7, 11) is 0. The molecule has 1 fully saturated rings. The Morgan fingerprint density at radius 3 is 2.93 bits per heavy atom. The molecule has 1 N–H and O–H groups in total. The number of nitrogens with one attached hydrogen (secondary N) is 1. The zero-order valence-electron chi connectivity index (χ0n) is 9.09. The fourth-order valence-corrected chi connectivity index (χ4v) is 2.01. The van der Waals surface area contributed by atoms with Crippen LogP contribution in [0.1, 0.15) is 32.6 Å². The van der Waals surface area contributed by atoms with E-state index in [9.17, 15) is 4.39 Å². The Labute approximate surface area is 89.9 Å². The molecular weight excluding hydrogens is 191 g/mol. The molecule has 0 atom stereocenters. The molecule has 1 heterocycles. The maximum Gasteiger partial charge on any atom is 0.165 e. The molecule has 0 amide bonds. The van der Waals surface area contributed by atoms with Crippen molar-refractivity contribution in [2.45, 2.75) is 32.6 Å². The molecule has 1 aliphatic carbocycles. The average Bonchev–Trinajstić information content (AvgIpc) is 2.98. The molecule has 1 aromatic rings. The second kappa shape index (κ2) is 4.17. The van der Waals surface area contributed by atoms with E-state index in [0.717, 1.165) is 6.54 Å². The van der Waals surface area contributed by atoms with Crippen LogP contribution in [0.15, 0.2) is 18.3 Å². The summed E-state index contributed by atoms with van der Waals surface area (Å²) in [4.78, 5) is 3.98. The minimum absolute atomic E-state index is 0.259. The maximum absolute atomic E-state index is 13.2. The first-order chi connectivity index (χ1) is 7.26. The van der Waals surface area contributed by atoms with E-state index in [1.165, 1.54) is 31.7 Å². The second-order valence-corrected chi connectivity index (χ2v) is 4.44. The van der Waals surface area contributed by atoms with Crippen LogP contribution in [0.2, 0.25) is 0 Å². The molecule has 0 aliphatic heterocycles. The summed E-state index contributed by atoms with van der Waals surface area (Å²) in [5, 5.41) is 3.11. The van der Waals surface area contributed by atoms with Crippen molar-refractivity contribution in [1.82, 2.24) is 4.98 Å². The van der Waals surface area contributed by atoms with Crippen molar-refractivity contribution in [3.05, 3.63) is 24.1 Å². The van der Waals surface area contributed by atoms with E-state index in [0.29, 0.717) is 11.2 Å². The van der Waals surface area contributed by atoms with Gasteiger partial charge in [0.1, 0.15) is 0 Å². The molecule has 0 unspecified atom stereocenters. The van der Waals surface area contributed by atoms with E-state index < -0.39 is 0 Å². The van der Waals surface area contributed by atoms with Crippen LogP contribution in [0.4, 0.5) is 10.2 Å². The van der Waals surface area contributed by atoms with Crippen molar-refractivity contribution in [3.63, 3.8) is 0 Å². The van der Waals surface area contributed by atoms with E-state index >= 15 is 0 Å². The van der Waals surface area contributed by atoms with Crippen molar-refractivity contribution in [3.8, 4) is 0 Å². The van der Waals surface area contributed by atoms with Gasteiger partial charge in [-0.3, -0.25) is 0 Å². The Hall–Kier alpha value is -1.12. The molecule has 2 nitrogen and oxygen atoms in total. The molecule has 3 heteroatoms. The lowest BCUT2D eigenvalue weighted by atomic mass is 10.0. The molecule has 82 valence electrons. The minimum Gasteiger partial charge on any atom is -0.367 e. The van der Waals surface area contributed by atoms with E-state index in [2.05, 4.69) is 17.2 Å². The number of rotatable bonds is 5. The van der Waals surface area contributed by atoms with Crippen LogP contribution in [-0.2, 0) is 0 Å². The zero-order chi connectivity index (χ0) is 10.7. The highest BCUT2D eigenvalue weighted by molar-refractivity contribution is 5.36. The number of hydrogen-bond donors (Lipinski definition) is 1. The third kappa shape index (κ3) is 2.46. The number of pyridine rings is 1. The molecule has 2 rings (SSSR count). The lowest BCUT2D eigenvalue weighted by Crippen LogP contribution is -2.16. The molecule has 0 aromatic carbocycles. The largest absolute Gasteiger partial charge is 0.367 e. The molecule has 15 heavy (non-hydrogen) atoms. The normalized spacial score (nSPS) is 17.5. The van der Waals surface area contributed by atoms with Crippen molar-refractivity contribution >= 4 is 5.82 Å². The van der Waals surface area contributed by atoms with Crippen LogP contribution in [0, 0.1) is 11.2 Å². The van der Waals surface area contributed by atoms with Gasteiger partial charge in [0.15, 0.2) is 11.6 Å². The van der Waals surface area contributed by atoms with Crippen LogP contribution in [0.5, 0.6) is 0 Å². The summed E-state index contributed by atoms with van der Waals surface area (Å²) in [6, 6.07) is 3.05. The average molecular weight is 208 g/mol. The van der Waals surface area contributed by atoms with Crippen LogP contribution in [-0.4, -0.2) is 11.5 Å². The van der Waals surface area contributed by atoms with Gasteiger partial charge < -0.3 is 5.32 Å². The predicted molar refractivity (Wildman–Crippen MR) is 59.3 cm³/mol. The summed E-state index contributed by atoms with van der Waals surface area (Å²) < 4.78 is 13.2. The Kier molecular flexibility index (Phi) is 2.89. The highest BCUT2D eigenvalue weighted by Crippen LogP contribution is 2.49. The number of hydrogen-bond acceptors (Lipinski definition) is 2. The number of nitrogens with zero attached hydrogens (tertiary/aromatic N) is 1. The fourth-order valence-electron chi connectivity index (χ4n) is 2.01. The molecule has 0 bridgehead atoms. The Morgan fingerprint density at radius 1 is 1.53 bits per heavy atom. The number of aromatic nitrogens is 1. The van der Waals surface area contributed by atoms with Crippen LogP contribution in [0.25, 0.3) is 0 Å². The monoisotopic (exact) mass is 208 g/mol. The van der Waals surface area contributed by atoms with Crippen molar-refractivity contribution in [1.29, 1.82) is 0 Å². The first-order valence-electron chi connectivity index (χ1n) is 5.60. The van der Waals surface area contributed by atoms with E-state index in [-0.39, 0.29) is 5.82 Å².